The molecule has 1 N–H and O–H groups in total. The molecule has 0 radical (unpaired) electrons. The Morgan fingerprint density at radius 3 is 2.64 bits per heavy atom. The lowest BCUT2D eigenvalue weighted by atomic mass is 9.77. The lowest BCUT2D eigenvalue weighted by Crippen LogP contribution is -2.52. The summed E-state index contributed by atoms with van der Waals surface area (Å²) < 4.78 is 5.50. The average molecular weight is 402 g/mol. The largest absolute Gasteiger partial charge is 0.443 e. The van der Waals surface area contributed by atoms with Gasteiger partial charge >= 0.3 is 6.09 Å². The Morgan fingerprint density at radius 2 is 2.00 bits per heavy atom. The second-order valence-corrected chi connectivity index (χ2v) is 9.09. The van der Waals surface area contributed by atoms with E-state index < -0.39 is 11.7 Å². The van der Waals surface area contributed by atoms with Crippen LogP contribution in [-0.4, -0.2) is 39.0 Å². The Bertz CT molecular complexity index is 939. The fourth-order valence-electron chi connectivity index (χ4n) is 4.29. The number of halogens is 1. The number of carbonyl (C=O) groups is 2. The standard InChI is InChI=1S/C21H24ClN3O3/c1-20(2,3)28-19(27)25-12-21(7-4-5-8-21)17-14(18(25)26)11-15(24-17)13-6-9-23-16(22)10-13/h6,9-11,24H,4-5,7-8,12H2,1-3H3. The Labute approximate surface area is 169 Å². The molecule has 2 aliphatic rings. The molecule has 28 heavy (non-hydrogen) atoms. The highest BCUT2D eigenvalue weighted by Crippen LogP contribution is 2.46. The van der Waals surface area contributed by atoms with Crippen molar-refractivity contribution in [2.75, 3.05) is 6.54 Å². The van der Waals surface area contributed by atoms with Crippen molar-refractivity contribution in [3.8, 4) is 11.3 Å². The zero-order valence-corrected chi connectivity index (χ0v) is 17.1. The monoisotopic (exact) mass is 401 g/mol. The van der Waals surface area contributed by atoms with E-state index in [2.05, 4.69) is 9.97 Å². The second kappa shape index (κ2) is 6.62. The van der Waals surface area contributed by atoms with Crippen LogP contribution in [0.2, 0.25) is 5.15 Å². The van der Waals surface area contributed by atoms with Gasteiger partial charge in [0.15, 0.2) is 0 Å². The third kappa shape index (κ3) is 3.30. The van der Waals surface area contributed by atoms with E-state index in [0.29, 0.717) is 17.3 Å². The first kappa shape index (κ1) is 19.0. The van der Waals surface area contributed by atoms with Crippen LogP contribution in [0.15, 0.2) is 24.4 Å². The molecule has 2 aromatic heterocycles. The number of hydrogen-bond donors (Lipinski definition) is 1. The molecule has 0 aromatic carbocycles. The van der Waals surface area contributed by atoms with Gasteiger partial charge in [0.2, 0.25) is 0 Å². The third-order valence-electron chi connectivity index (χ3n) is 5.50. The fraction of sp³-hybridized carbons (Fsp3) is 0.476. The van der Waals surface area contributed by atoms with Gasteiger partial charge in [-0.2, -0.15) is 0 Å². The smallest absolute Gasteiger partial charge is 0.417 e. The van der Waals surface area contributed by atoms with Crippen molar-refractivity contribution in [3.63, 3.8) is 0 Å². The summed E-state index contributed by atoms with van der Waals surface area (Å²) in [6.45, 7) is 5.76. The first-order valence-corrected chi connectivity index (χ1v) is 9.97. The predicted octanol–water partition coefficient (Wildman–Crippen LogP) is 4.93. The van der Waals surface area contributed by atoms with Crippen LogP contribution in [0.25, 0.3) is 11.3 Å². The quantitative estimate of drug-likeness (QED) is 0.687. The molecule has 2 amide bonds. The van der Waals surface area contributed by atoms with Crippen molar-refractivity contribution >= 4 is 23.6 Å². The predicted molar refractivity (Wildman–Crippen MR) is 106 cm³/mol. The second-order valence-electron chi connectivity index (χ2n) is 8.70. The van der Waals surface area contributed by atoms with Gasteiger partial charge in [-0.25, -0.2) is 14.7 Å². The van der Waals surface area contributed by atoms with Gasteiger partial charge in [-0.15, -0.1) is 0 Å². The Kier molecular flexibility index (Phi) is 4.49. The molecule has 0 unspecified atom stereocenters. The van der Waals surface area contributed by atoms with Gasteiger partial charge in [0.25, 0.3) is 5.91 Å². The minimum Gasteiger partial charge on any atom is -0.443 e. The minimum absolute atomic E-state index is 0.241. The molecule has 1 spiro atoms. The first-order valence-electron chi connectivity index (χ1n) is 9.59. The van der Waals surface area contributed by atoms with Crippen LogP contribution >= 0.6 is 11.6 Å². The van der Waals surface area contributed by atoms with Gasteiger partial charge in [0, 0.05) is 35.1 Å². The summed E-state index contributed by atoms with van der Waals surface area (Å²) in [5, 5.41) is 0.391. The number of fused-ring (bicyclic) bond motifs is 2. The number of H-pyrrole nitrogens is 1. The van der Waals surface area contributed by atoms with Crippen molar-refractivity contribution in [1.29, 1.82) is 0 Å². The number of ether oxygens (including phenoxy) is 1. The molecule has 1 fully saturated rings. The summed E-state index contributed by atoms with van der Waals surface area (Å²) in [4.78, 5) is 34.7. The normalized spacial score (nSPS) is 18.4. The Balaban J connectivity index is 1.77. The zero-order chi connectivity index (χ0) is 20.1. The van der Waals surface area contributed by atoms with Gasteiger partial charge in [-0.3, -0.25) is 4.79 Å². The van der Waals surface area contributed by atoms with E-state index in [1.54, 1.807) is 33.0 Å². The van der Waals surface area contributed by atoms with Crippen molar-refractivity contribution in [1.82, 2.24) is 14.9 Å². The number of carbonyl (C=O) groups excluding carboxylic acids is 2. The van der Waals surface area contributed by atoms with Crippen LogP contribution in [0.4, 0.5) is 4.79 Å². The zero-order valence-electron chi connectivity index (χ0n) is 16.3. The molecular formula is C21H24ClN3O3. The average Bonchev–Trinajstić information content (AvgIpc) is 3.25. The number of pyridine rings is 1. The summed E-state index contributed by atoms with van der Waals surface area (Å²) in [5.74, 6) is -0.315. The molecule has 4 rings (SSSR count). The maximum atomic E-state index is 13.2. The van der Waals surface area contributed by atoms with E-state index in [1.807, 2.05) is 12.1 Å². The van der Waals surface area contributed by atoms with Gasteiger partial charge in [0.05, 0.1) is 5.56 Å². The SMILES string of the molecule is CC(C)(C)OC(=O)N1CC2(CCCC2)c2[nH]c(-c3ccnc(Cl)c3)cc2C1=O. The van der Waals surface area contributed by atoms with E-state index in [0.717, 1.165) is 42.6 Å². The maximum Gasteiger partial charge on any atom is 0.417 e. The van der Waals surface area contributed by atoms with Gasteiger partial charge < -0.3 is 9.72 Å². The summed E-state index contributed by atoms with van der Waals surface area (Å²) in [6, 6.07) is 5.43. The molecule has 1 aliphatic carbocycles. The Hall–Kier alpha value is -2.34. The van der Waals surface area contributed by atoms with Crippen molar-refractivity contribution in [2.45, 2.75) is 57.5 Å². The third-order valence-corrected chi connectivity index (χ3v) is 5.70. The molecule has 3 heterocycles. The molecule has 1 saturated carbocycles. The fourth-order valence-corrected chi connectivity index (χ4v) is 4.46. The van der Waals surface area contributed by atoms with E-state index in [9.17, 15) is 9.59 Å². The van der Waals surface area contributed by atoms with Gasteiger partial charge in [-0.05, 0) is 51.8 Å². The van der Waals surface area contributed by atoms with Crippen molar-refractivity contribution < 1.29 is 14.3 Å². The number of amides is 2. The number of hydrogen-bond acceptors (Lipinski definition) is 4. The number of nitrogens with zero attached hydrogens (tertiary/aromatic N) is 2. The molecule has 0 atom stereocenters. The van der Waals surface area contributed by atoms with Crippen LogP contribution in [0, 0.1) is 0 Å². The van der Waals surface area contributed by atoms with Gasteiger partial charge in [0.1, 0.15) is 10.8 Å². The summed E-state index contributed by atoms with van der Waals surface area (Å²) in [5.41, 5.74) is 2.24. The molecule has 2 aromatic rings. The minimum atomic E-state index is -0.655. The number of imide groups is 1. The lowest BCUT2D eigenvalue weighted by Gasteiger charge is -2.39. The highest BCUT2D eigenvalue weighted by atomic mass is 35.5. The highest BCUT2D eigenvalue weighted by Gasteiger charge is 2.48. The van der Waals surface area contributed by atoms with Crippen LogP contribution in [0.3, 0.4) is 0 Å². The molecule has 7 heteroatoms. The molecule has 1 aliphatic heterocycles. The topological polar surface area (TPSA) is 75.3 Å². The number of aromatic nitrogens is 2. The van der Waals surface area contributed by atoms with Crippen LogP contribution in [-0.2, 0) is 10.2 Å². The van der Waals surface area contributed by atoms with E-state index >= 15 is 0 Å². The number of nitrogens with one attached hydrogen (secondary N) is 1. The van der Waals surface area contributed by atoms with Crippen LogP contribution < -0.4 is 0 Å². The molecule has 0 bridgehead atoms. The summed E-state index contributed by atoms with van der Waals surface area (Å²) in [6.07, 6.45) is 5.07. The summed E-state index contributed by atoms with van der Waals surface area (Å²) in [7, 11) is 0. The lowest BCUT2D eigenvalue weighted by molar-refractivity contribution is 0.0180. The highest BCUT2D eigenvalue weighted by molar-refractivity contribution is 6.29. The van der Waals surface area contributed by atoms with Crippen LogP contribution in [0.5, 0.6) is 0 Å². The van der Waals surface area contributed by atoms with E-state index in [4.69, 9.17) is 16.3 Å². The van der Waals surface area contributed by atoms with Crippen molar-refractivity contribution in [3.05, 3.63) is 40.8 Å². The summed E-state index contributed by atoms with van der Waals surface area (Å²) >= 11 is 6.04. The molecule has 148 valence electrons. The number of aromatic amines is 1. The van der Waals surface area contributed by atoms with Gasteiger partial charge in [-0.1, -0.05) is 24.4 Å². The van der Waals surface area contributed by atoms with Crippen molar-refractivity contribution in [2.24, 2.45) is 0 Å². The first-order chi connectivity index (χ1) is 13.2. The number of rotatable bonds is 1. The molecule has 6 nitrogen and oxygen atoms in total. The molecule has 0 saturated heterocycles. The van der Waals surface area contributed by atoms with Crippen LogP contribution in [0.1, 0.15) is 62.5 Å². The van der Waals surface area contributed by atoms with E-state index in [-0.39, 0.29) is 11.3 Å². The van der Waals surface area contributed by atoms with E-state index in [1.165, 1.54) is 4.90 Å². The maximum absolute atomic E-state index is 13.2. The Morgan fingerprint density at radius 1 is 1.29 bits per heavy atom. The molecular weight excluding hydrogens is 378 g/mol.